The predicted molar refractivity (Wildman–Crippen MR) is 106 cm³/mol. The summed E-state index contributed by atoms with van der Waals surface area (Å²) in [5.41, 5.74) is 4.35. The number of benzene rings is 2. The van der Waals surface area contributed by atoms with E-state index < -0.39 is 0 Å². The lowest BCUT2D eigenvalue weighted by atomic mass is 10.1. The second kappa shape index (κ2) is 7.78. The van der Waals surface area contributed by atoms with Gasteiger partial charge in [-0.25, -0.2) is 0 Å². The first-order valence-corrected chi connectivity index (χ1v) is 8.53. The Balaban J connectivity index is 1.71. The highest BCUT2D eigenvalue weighted by Gasteiger charge is 2.10. The van der Waals surface area contributed by atoms with E-state index in [2.05, 4.69) is 20.8 Å². The van der Waals surface area contributed by atoms with Crippen LogP contribution in [0.5, 0.6) is 0 Å². The quantitative estimate of drug-likeness (QED) is 0.663. The fourth-order valence-corrected chi connectivity index (χ4v) is 2.54. The minimum absolute atomic E-state index is 0.0109. The van der Waals surface area contributed by atoms with Crippen LogP contribution in [-0.4, -0.2) is 21.9 Å². The molecule has 0 spiro atoms. The van der Waals surface area contributed by atoms with E-state index in [1.165, 1.54) is 6.92 Å². The molecule has 1 amide bonds. The number of anilines is 3. The molecular formula is C21H20N4O2. The first-order chi connectivity index (χ1) is 12.9. The summed E-state index contributed by atoms with van der Waals surface area (Å²) in [7, 11) is 0. The van der Waals surface area contributed by atoms with Crippen molar-refractivity contribution in [2.24, 2.45) is 0 Å². The molecule has 0 aliphatic carbocycles. The third-order valence-electron chi connectivity index (χ3n) is 4.08. The van der Waals surface area contributed by atoms with Crippen LogP contribution in [0.1, 0.15) is 38.9 Å². The van der Waals surface area contributed by atoms with Gasteiger partial charge < -0.3 is 10.6 Å². The van der Waals surface area contributed by atoms with Gasteiger partial charge in [-0.05, 0) is 62.2 Å². The van der Waals surface area contributed by atoms with Gasteiger partial charge in [-0.2, -0.15) is 0 Å². The van der Waals surface area contributed by atoms with Gasteiger partial charge in [0.15, 0.2) is 17.3 Å². The molecule has 6 heteroatoms. The van der Waals surface area contributed by atoms with Crippen molar-refractivity contribution in [3.8, 4) is 0 Å². The summed E-state index contributed by atoms with van der Waals surface area (Å²) in [5, 5.41) is 14.0. The molecule has 136 valence electrons. The zero-order valence-corrected chi connectivity index (χ0v) is 15.4. The monoisotopic (exact) mass is 360 g/mol. The molecule has 1 heterocycles. The summed E-state index contributed by atoms with van der Waals surface area (Å²) in [6.45, 7) is 5.42. The van der Waals surface area contributed by atoms with Crippen LogP contribution in [0.3, 0.4) is 0 Å². The average molecular weight is 360 g/mol. The van der Waals surface area contributed by atoms with E-state index >= 15 is 0 Å². The fraction of sp³-hybridized carbons (Fsp3) is 0.143. The van der Waals surface area contributed by atoms with Gasteiger partial charge in [-0.15, -0.1) is 10.2 Å². The maximum atomic E-state index is 12.4. The van der Waals surface area contributed by atoms with Crippen LogP contribution in [-0.2, 0) is 0 Å². The van der Waals surface area contributed by atoms with Crippen LogP contribution in [0.4, 0.5) is 17.2 Å². The van der Waals surface area contributed by atoms with Crippen molar-refractivity contribution in [3.63, 3.8) is 0 Å². The van der Waals surface area contributed by atoms with Crippen molar-refractivity contribution < 1.29 is 9.59 Å². The van der Waals surface area contributed by atoms with Crippen LogP contribution in [0.25, 0.3) is 0 Å². The molecule has 3 aromatic rings. The number of aryl methyl sites for hydroxylation is 2. The van der Waals surface area contributed by atoms with E-state index in [0.29, 0.717) is 11.4 Å². The Kier molecular flexibility index (Phi) is 5.26. The predicted octanol–water partition coefficient (Wildman–Crippen LogP) is 4.29. The minimum atomic E-state index is -0.318. The largest absolute Gasteiger partial charge is 0.339 e. The molecule has 0 aliphatic heterocycles. The Bertz CT molecular complexity index is 997. The number of rotatable bonds is 5. The summed E-state index contributed by atoms with van der Waals surface area (Å²) < 4.78 is 0. The van der Waals surface area contributed by atoms with Gasteiger partial charge in [0.1, 0.15) is 0 Å². The molecule has 0 radical (unpaired) electrons. The van der Waals surface area contributed by atoms with E-state index in [9.17, 15) is 9.59 Å². The number of hydrogen-bond acceptors (Lipinski definition) is 5. The summed E-state index contributed by atoms with van der Waals surface area (Å²) in [4.78, 5) is 23.9. The highest BCUT2D eigenvalue weighted by atomic mass is 16.2. The Morgan fingerprint density at radius 2 is 1.74 bits per heavy atom. The zero-order chi connectivity index (χ0) is 19.4. The number of aromatic nitrogens is 2. The molecule has 0 bridgehead atoms. The van der Waals surface area contributed by atoms with Gasteiger partial charge in [0.2, 0.25) is 0 Å². The lowest BCUT2D eigenvalue weighted by Crippen LogP contribution is -2.15. The molecule has 6 nitrogen and oxygen atoms in total. The molecule has 0 aliphatic rings. The topological polar surface area (TPSA) is 84.0 Å². The Morgan fingerprint density at radius 1 is 0.926 bits per heavy atom. The van der Waals surface area contributed by atoms with Gasteiger partial charge >= 0.3 is 0 Å². The van der Waals surface area contributed by atoms with Crippen molar-refractivity contribution in [1.82, 2.24) is 10.2 Å². The summed E-state index contributed by atoms with van der Waals surface area (Å²) in [6, 6.07) is 16.2. The van der Waals surface area contributed by atoms with Crippen LogP contribution in [0.2, 0.25) is 0 Å². The van der Waals surface area contributed by atoms with Crippen molar-refractivity contribution in [2.45, 2.75) is 20.8 Å². The van der Waals surface area contributed by atoms with Gasteiger partial charge in [0.05, 0.1) is 0 Å². The minimum Gasteiger partial charge on any atom is -0.339 e. The molecular weight excluding hydrogens is 340 g/mol. The van der Waals surface area contributed by atoms with Crippen LogP contribution in [0.15, 0.2) is 54.6 Å². The van der Waals surface area contributed by atoms with Gasteiger partial charge in [0, 0.05) is 16.9 Å². The SMILES string of the molecule is CC(=O)c1cccc(Nc2ccc(C(=O)Nc3cc(C)ccc3C)nn2)c1. The first kappa shape index (κ1) is 18.3. The summed E-state index contributed by atoms with van der Waals surface area (Å²) in [5.74, 6) is 0.156. The van der Waals surface area contributed by atoms with Gasteiger partial charge in [0.25, 0.3) is 5.91 Å². The third-order valence-corrected chi connectivity index (χ3v) is 4.08. The molecule has 2 aromatic carbocycles. The molecule has 2 N–H and O–H groups in total. The third kappa shape index (κ3) is 4.55. The summed E-state index contributed by atoms with van der Waals surface area (Å²) >= 11 is 0. The molecule has 0 fully saturated rings. The Hall–Kier alpha value is -3.54. The zero-order valence-electron chi connectivity index (χ0n) is 15.4. The molecule has 0 saturated heterocycles. The highest BCUT2D eigenvalue weighted by Crippen LogP contribution is 2.18. The number of hydrogen-bond donors (Lipinski definition) is 2. The standard InChI is InChI=1S/C21H20N4O2/c1-13-7-8-14(2)19(11-13)23-21(27)18-9-10-20(25-24-18)22-17-6-4-5-16(12-17)15(3)26/h4-12H,1-3H3,(H,22,25)(H,23,27). The maximum absolute atomic E-state index is 12.4. The van der Waals surface area contributed by atoms with Crippen molar-refractivity contribution in [3.05, 3.63) is 77.0 Å². The van der Waals surface area contributed by atoms with Crippen LogP contribution < -0.4 is 10.6 Å². The highest BCUT2D eigenvalue weighted by molar-refractivity contribution is 6.03. The summed E-state index contributed by atoms with van der Waals surface area (Å²) in [6.07, 6.45) is 0. The molecule has 3 rings (SSSR count). The van der Waals surface area contributed by atoms with Crippen LogP contribution in [0, 0.1) is 13.8 Å². The smallest absolute Gasteiger partial charge is 0.276 e. The second-order valence-electron chi connectivity index (χ2n) is 6.34. The molecule has 1 aromatic heterocycles. The number of amides is 1. The average Bonchev–Trinajstić information content (AvgIpc) is 2.65. The number of carbonyl (C=O) groups excluding carboxylic acids is 2. The van der Waals surface area contributed by atoms with E-state index in [4.69, 9.17) is 0 Å². The maximum Gasteiger partial charge on any atom is 0.276 e. The van der Waals surface area contributed by atoms with Crippen molar-refractivity contribution in [1.29, 1.82) is 0 Å². The van der Waals surface area contributed by atoms with Crippen molar-refractivity contribution >= 4 is 28.9 Å². The van der Waals surface area contributed by atoms with Crippen molar-refractivity contribution in [2.75, 3.05) is 10.6 Å². The van der Waals surface area contributed by atoms with Gasteiger partial charge in [-0.3, -0.25) is 9.59 Å². The number of nitrogens with one attached hydrogen (secondary N) is 2. The Labute approximate surface area is 157 Å². The number of Topliss-reactive ketones (excluding diaryl/α,β-unsaturated/α-hetero) is 1. The lowest BCUT2D eigenvalue weighted by molar-refractivity contribution is 0.101. The van der Waals surface area contributed by atoms with E-state index in [1.54, 1.807) is 30.3 Å². The van der Waals surface area contributed by atoms with Crippen LogP contribution >= 0.6 is 0 Å². The van der Waals surface area contributed by atoms with E-state index in [0.717, 1.165) is 22.5 Å². The Morgan fingerprint density at radius 3 is 2.44 bits per heavy atom. The number of nitrogens with zero attached hydrogens (tertiary/aromatic N) is 2. The molecule has 27 heavy (non-hydrogen) atoms. The normalized spacial score (nSPS) is 10.3. The van der Waals surface area contributed by atoms with E-state index in [1.807, 2.05) is 38.1 Å². The number of ketones is 1. The number of carbonyl (C=O) groups is 2. The lowest BCUT2D eigenvalue weighted by Gasteiger charge is -2.09. The van der Waals surface area contributed by atoms with Gasteiger partial charge in [-0.1, -0.05) is 24.3 Å². The second-order valence-corrected chi connectivity index (χ2v) is 6.34. The van der Waals surface area contributed by atoms with E-state index in [-0.39, 0.29) is 17.4 Å². The first-order valence-electron chi connectivity index (χ1n) is 8.53. The molecule has 0 unspecified atom stereocenters. The molecule has 0 saturated carbocycles. The fourth-order valence-electron chi connectivity index (χ4n) is 2.54. The molecule has 0 atom stereocenters.